The summed E-state index contributed by atoms with van der Waals surface area (Å²) in [4.78, 5) is 12.6. The normalized spacial score (nSPS) is 12.0. The highest BCUT2D eigenvalue weighted by atomic mass is 19.3. The van der Waals surface area contributed by atoms with Gasteiger partial charge in [-0.25, -0.2) is 14.5 Å². The van der Waals surface area contributed by atoms with Gasteiger partial charge in [-0.3, -0.25) is 4.79 Å². The number of carbonyl (C=O) groups is 1. The lowest BCUT2D eigenvalue weighted by Crippen LogP contribution is -2.19. The second-order valence-corrected chi connectivity index (χ2v) is 8.25. The fourth-order valence-electron chi connectivity index (χ4n) is 3.58. The maximum Gasteiger partial charge on any atom is 0.387 e. The van der Waals surface area contributed by atoms with E-state index >= 15 is 0 Å². The number of amides is 1. The first-order chi connectivity index (χ1) is 18.8. The predicted molar refractivity (Wildman–Crippen MR) is 137 cm³/mol. The molecule has 1 atom stereocenters. The molecule has 0 radical (unpaired) electrons. The molecule has 0 spiro atoms. The molecule has 0 saturated heterocycles. The van der Waals surface area contributed by atoms with Gasteiger partial charge in [-0.2, -0.15) is 19.0 Å². The number of anilines is 1. The summed E-state index contributed by atoms with van der Waals surface area (Å²) in [5, 5.41) is 18.3. The molecule has 12 heteroatoms. The number of nitrogens with one attached hydrogen (secondary N) is 1. The van der Waals surface area contributed by atoms with Crippen LogP contribution in [0, 0.1) is 5.82 Å². The number of nitrogen functional groups attached to an aromatic ring is 1. The van der Waals surface area contributed by atoms with E-state index in [1.807, 2.05) is 6.07 Å². The van der Waals surface area contributed by atoms with E-state index in [9.17, 15) is 23.1 Å². The molecular formula is C27H24F3N5O4. The van der Waals surface area contributed by atoms with Crippen LogP contribution in [0.4, 0.5) is 19.0 Å². The van der Waals surface area contributed by atoms with Crippen molar-refractivity contribution in [2.24, 2.45) is 5.10 Å². The van der Waals surface area contributed by atoms with E-state index < -0.39 is 24.4 Å². The van der Waals surface area contributed by atoms with Crippen LogP contribution in [0.3, 0.4) is 0 Å². The van der Waals surface area contributed by atoms with E-state index in [2.05, 4.69) is 20.4 Å². The average molecular weight is 540 g/mol. The molecule has 0 fully saturated rings. The van der Waals surface area contributed by atoms with Crippen LogP contribution in [-0.4, -0.2) is 33.6 Å². The number of ether oxygens (including phenoxy) is 2. The van der Waals surface area contributed by atoms with Gasteiger partial charge in [0.2, 0.25) is 0 Å². The summed E-state index contributed by atoms with van der Waals surface area (Å²) in [5.41, 5.74) is 9.96. The van der Waals surface area contributed by atoms with Gasteiger partial charge in [0.25, 0.3) is 5.91 Å². The molecule has 0 saturated carbocycles. The van der Waals surface area contributed by atoms with Gasteiger partial charge < -0.3 is 20.3 Å². The van der Waals surface area contributed by atoms with Gasteiger partial charge in [0.05, 0.1) is 25.1 Å². The number of hydrogen-bond donors (Lipinski definition) is 3. The van der Waals surface area contributed by atoms with Crippen LogP contribution in [0.15, 0.2) is 84.1 Å². The largest absolute Gasteiger partial charge is 0.485 e. The molecule has 1 heterocycles. The number of hydrogen-bond acceptors (Lipinski definition) is 7. The Morgan fingerprint density at radius 2 is 1.90 bits per heavy atom. The Bertz CT molecular complexity index is 1450. The zero-order valence-corrected chi connectivity index (χ0v) is 20.4. The molecule has 0 aliphatic heterocycles. The van der Waals surface area contributed by atoms with Gasteiger partial charge >= 0.3 is 6.61 Å². The molecule has 4 N–H and O–H groups in total. The lowest BCUT2D eigenvalue weighted by atomic mass is 10.1. The van der Waals surface area contributed by atoms with E-state index in [1.165, 1.54) is 53.5 Å². The van der Waals surface area contributed by atoms with Crippen LogP contribution in [-0.2, 0) is 13.2 Å². The molecule has 1 amide bonds. The molecule has 0 aliphatic rings. The minimum atomic E-state index is -3.08. The molecule has 4 rings (SSSR count). The Morgan fingerprint density at radius 3 is 2.64 bits per heavy atom. The van der Waals surface area contributed by atoms with Gasteiger partial charge in [-0.15, -0.1) is 0 Å². The van der Waals surface area contributed by atoms with Gasteiger partial charge in [0, 0.05) is 0 Å². The Balaban J connectivity index is 1.41. The highest BCUT2D eigenvalue weighted by Gasteiger charge is 2.18. The van der Waals surface area contributed by atoms with E-state index in [-0.39, 0.29) is 36.0 Å². The summed E-state index contributed by atoms with van der Waals surface area (Å²) in [7, 11) is 0. The predicted octanol–water partition coefficient (Wildman–Crippen LogP) is 4.28. The fourth-order valence-corrected chi connectivity index (χ4v) is 3.58. The number of carbonyl (C=O) groups excluding carboxylic acids is 1. The molecule has 1 unspecified atom stereocenters. The molecular weight excluding hydrogens is 515 g/mol. The van der Waals surface area contributed by atoms with Crippen molar-refractivity contribution < 1.29 is 32.5 Å². The van der Waals surface area contributed by atoms with Crippen molar-refractivity contribution in [2.75, 3.05) is 5.73 Å². The smallest absolute Gasteiger partial charge is 0.387 e. The van der Waals surface area contributed by atoms with Crippen LogP contribution in [0.1, 0.15) is 33.2 Å². The van der Waals surface area contributed by atoms with Gasteiger partial charge in [-0.05, 0) is 47.0 Å². The van der Waals surface area contributed by atoms with Crippen molar-refractivity contribution in [2.45, 2.75) is 25.9 Å². The molecule has 1 aromatic heterocycles. The summed E-state index contributed by atoms with van der Waals surface area (Å²) in [5.74, 6) is -1.32. The summed E-state index contributed by atoms with van der Waals surface area (Å²) in [6.45, 7) is -3.14. The van der Waals surface area contributed by atoms with Crippen LogP contribution in [0.2, 0.25) is 0 Å². The lowest BCUT2D eigenvalue weighted by Gasteiger charge is -2.13. The topological polar surface area (TPSA) is 124 Å². The van der Waals surface area contributed by atoms with Crippen molar-refractivity contribution in [3.05, 3.63) is 107 Å². The molecule has 202 valence electrons. The number of nitrogens with two attached hydrogens (primary N) is 1. The van der Waals surface area contributed by atoms with Crippen LogP contribution < -0.4 is 20.6 Å². The van der Waals surface area contributed by atoms with Crippen LogP contribution in [0.25, 0.3) is 0 Å². The number of hydrazone groups is 1. The standard InChI is InChI=1S/C27H24F3N5O4/c28-20-8-4-5-18(11-20)16-38-24-12-17(9-10-23(24)39-27(29)30)13-32-34-26(37)21-14-33-35(25(21)31)15-22(36)19-6-2-1-3-7-19/h1-14,22,27,36H,15-16,31H2,(H,34,37)/b32-13+. The molecule has 39 heavy (non-hydrogen) atoms. The minimum absolute atomic E-state index is 0.0302. The molecule has 9 nitrogen and oxygen atoms in total. The number of aliphatic hydroxyl groups excluding tert-OH is 1. The summed E-state index contributed by atoms with van der Waals surface area (Å²) >= 11 is 0. The third-order valence-corrected chi connectivity index (χ3v) is 5.50. The van der Waals surface area contributed by atoms with Crippen molar-refractivity contribution in [1.29, 1.82) is 0 Å². The average Bonchev–Trinajstić information content (AvgIpc) is 3.28. The second kappa shape index (κ2) is 12.6. The van der Waals surface area contributed by atoms with E-state index in [0.29, 0.717) is 16.7 Å². The number of nitrogens with zero attached hydrogens (tertiary/aromatic N) is 3. The summed E-state index contributed by atoms with van der Waals surface area (Å²) in [6.07, 6.45) is 1.64. The second-order valence-electron chi connectivity index (χ2n) is 8.25. The van der Waals surface area contributed by atoms with Crippen molar-refractivity contribution in [3.63, 3.8) is 0 Å². The first-order valence-electron chi connectivity index (χ1n) is 11.6. The highest BCUT2D eigenvalue weighted by Crippen LogP contribution is 2.30. The Kier molecular flexibility index (Phi) is 8.79. The summed E-state index contributed by atoms with van der Waals surface area (Å²) < 4.78 is 50.5. The minimum Gasteiger partial charge on any atom is -0.485 e. The molecule has 0 bridgehead atoms. The van der Waals surface area contributed by atoms with Gasteiger partial charge in [-0.1, -0.05) is 42.5 Å². The van der Waals surface area contributed by atoms with Gasteiger partial charge in [0.1, 0.15) is 23.8 Å². The number of halogens is 3. The quantitative estimate of drug-likeness (QED) is 0.193. The maximum absolute atomic E-state index is 13.4. The third-order valence-electron chi connectivity index (χ3n) is 5.50. The first kappa shape index (κ1) is 27.2. The Labute approximate surface area is 221 Å². The Hall–Kier alpha value is -4.84. The number of benzene rings is 3. The number of aromatic nitrogens is 2. The zero-order valence-electron chi connectivity index (χ0n) is 20.4. The molecule has 0 aliphatic carbocycles. The van der Waals surface area contributed by atoms with E-state index in [1.54, 1.807) is 30.3 Å². The fraction of sp³-hybridized carbons (Fsp3) is 0.148. The highest BCUT2D eigenvalue weighted by molar-refractivity contribution is 5.98. The number of aliphatic hydroxyl groups is 1. The number of rotatable bonds is 11. The monoisotopic (exact) mass is 539 g/mol. The van der Waals surface area contributed by atoms with E-state index in [4.69, 9.17) is 10.5 Å². The Morgan fingerprint density at radius 1 is 1.10 bits per heavy atom. The van der Waals surface area contributed by atoms with Crippen molar-refractivity contribution in [1.82, 2.24) is 15.2 Å². The van der Waals surface area contributed by atoms with Crippen molar-refractivity contribution in [3.8, 4) is 11.5 Å². The number of alkyl halides is 2. The van der Waals surface area contributed by atoms with E-state index in [0.717, 1.165) is 0 Å². The SMILES string of the molecule is Nc1c(C(=O)N/N=C/c2ccc(OC(F)F)c(OCc3cccc(F)c3)c2)cnn1CC(O)c1ccccc1. The molecule has 3 aromatic carbocycles. The first-order valence-corrected chi connectivity index (χ1v) is 11.6. The lowest BCUT2D eigenvalue weighted by molar-refractivity contribution is -0.0516. The maximum atomic E-state index is 13.4. The van der Waals surface area contributed by atoms with Crippen LogP contribution >= 0.6 is 0 Å². The molecule has 4 aromatic rings. The third kappa shape index (κ3) is 7.36. The van der Waals surface area contributed by atoms with Gasteiger partial charge in [0.15, 0.2) is 11.5 Å². The van der Waals surface area contributed by atoms with Crippen molar-refractivity contribution >= 4 is 17.9 Å². The zero-order chi connectivity index (χ0) is 27.8. The summed E-state index contributed by atoms with van der Waals surface area (Å²) in [6, 6.07) is 18.6. The van der Waals surface area contributed by atoms with Crippen LogP contribution in [0.5, 0.6) is 11.5 Å².